The van der Waals surface area contributed by atoms with Crippen molar-refractivity contribution in [2.75, 3.05) is 13.1 Å². The fourth-order valence-electron chi connectivity index (χ4n) is 2.94. The SMILES string of the molecule is Cl.O=C(O)[C@H]1CNCC12CCCCC2. The fraction of sp³-hybridized carbons (Fsp3) is 0.900. The summed E-state index contributed by atoms with van der Waals surface area (Å²) in [6, 6.07) is 0. The highest BCUT2D eigenvalue weighted by molar-refractivity contribution is 5.85. The van der Waals surface area contributed by atoms with Crippen LogP contribution in [0.1, 0.15) is 32.1 Å². The first kappa shape index (κ1) is 11.8. The predicted octanol–water partition coefficient (Wildman–Crippen LogP) is 1.66. The smallest absolute Gasteiger partial charge is 0.308 e. The number of carbonyl (C=O) groups is 1. The number of hydrogen-bond acceptors (Lipinski definition) is 2. The molecule has 0 radical (unpaired) electrons. The quantitative estimate of drug-likeness (QED) is 0.705. The largest absolute Gasteiger partial charge is 0.481 e. The summed E-state index contributed by atoms with van der Waals surface area (Å²) >= 11 is 0. The van der Waals surface area contributed by atoms with Crippen LogP contribution in [0.15, 0.2) is 0 Å². The summed E-state index contributed by atoms with van der Waals surface area (Å²) in [6.45, 7) is 1.60. The summed E-state index contributed by atoms with van der Waals surface area (Å²) in [7, 11) is 0. The van der Waals surface area contributed by atoms with E-state index < -0.39 is 5.97 Å². The first-order chi connectivity index (χ1) is 6.25. The van der Waals surface area contributed by atoms with Gasteiger partial charge in [0.1, 0.15) is 0 Å². The van der Waals surface area contributed by atoms with E-state index >= 15 is 0 Å². The molecule has 1 heterocycles. The van der Waals surface area contributed by atoms with E-state index in [-0.39, 0.29) is 23.7 Å². The van der Waals surface area contributed by atoms with Gasteiger partial charge in [-0.2, -0.15) is 0 Å². The lowest BCUT2D eigenvalue weighted by Crippen LogP contribution is -2.36. The molecular formula is C10H18ClNO2. The van der Waals surface area contributed by atoms with E-state index in [0.29, 0.717) is 6.54 Å². The van der Waals surface area contributed by atoms with Crippen LogP contribution in [0, 0.1) is 11.3 Å². The van der Waals surface area contributed by atoms with Crippen LogP contribution in [0.25, 0.3) is 0 Å². The van der Waals surface area contributed by atoms with E-state index in [0.717, 1.165) is 19.4 Å². The highest BCUT2D eigenvalue weighted by Crippen LogP contribution is 2.44. The van der Waals surface area contributed by atoms with Gasteiger partial charge in [-0.3, -0.25) is 4.79 Å². The lowest BCUT2D eigenvalue weighted by atomic mass is 9.68. The summed E-state index contributed by atoms with van der Waals surface area (Å²) in [4.78, 5) is 11.0. The minimum Gasteiger partial charge on any atom is -0.481 e. The highest BCUT2D eigenvalue weighted by Gasteiger charge is 2.46. The molecule has 0 aromatic heterocycles. The molecule has 2 rings (SSSR count). The van der Waals surface area contributed by atoms with Crippen LogP contribution in [0.4, 0.5) is 0 Å². The number of aliphatic carboxylic acids is 1. The second-order valence-electron chi connectivity index (χ2n) is 4.44. The van der Waals surface area contributed by atoms with Gasteiger partial charge in [0.2, 0.25) is 0 Å². The lowest BCUT2D eigenvalue weighted by molar-refractivity contribution is -0.145. The van der Waals surface area contributed by atoms with E-state index in [1.807, 2.05) is 0 Å². The molecule has 0 unspecified atom stereocenters. The van der Waals surface area contributed by atoms with Gasteiger partial charge in [0, 0.05) is 13.1 Å². The van der Waals surface area contributed by atoms with Crippen molar-refractivity contribution < 1.29 is 9.90 Å². The van der Waals surface area contributed by atoms with Crippen molar-refractivity contribution in [3.63, 3.8) is 0 Å². The molecule has 2 fully saturated rings. The van der Waals surface area contributed by atoms with E-state index in [4.69, 9.17) is 5.11 Å². The zero-order valence-electron chi connectivity index (χ0n) is 8.29. The molecule has 1 aliphatic carbocycles. The van der Waals surface area contributed by atoms with Gasteiger partial charge in [0.25, 0.3) is 0 Å². The normalized spacial score (nSPS) is 29.9. The van der Waals surface area contributed by atoms with E-state index in [1.165, 1.54) is 19.3 Å². The summed E-state index contributed by atoms with van der Waals surface area (Å²) in [6.07, 6.45) is 5.93. The van der Waals surface area contributed by atoms with E-state index in [9.17, 15) is 4.79 Å². The van der Waals surface area contributed by atoms with Gasteiger partial charge >= 0.3 is 5.97 Å². The Morgan fingerprint density at radius 2 is 1.93 bits per heavy atom. The Kier molecular flexibility index (Phi) is 3.78. The molecule has 0 aromatic rings. The maximum absolute atomic E-state index is 11.0. The summed E-state index contributed by atoms with van der Waals surface area (Å²) < 4.78 is 0. The zero-order valence-corrected chi connectivity index (χ0v) is 9.11. The molecule has 2 N–H and O–H groups in total. The number of carboxylic acid groups (broad SMARTS) is 1. The first-order valence-corrected chi connectivity index (χ1v) is 5.18. The molecule has 1 saturated carbocycles. The molecule has 4 heteroatoms. The van der Waals surface area contributed by atoms with Crippen molar-refractivity contribution in [2.45, 2.75) is 32.1 Å². The summed E-state index contributed by atoms with van der Waals surface area (Å²) in [5.41, 5.74) is 0.101. The van der Waals surface area contributed by atoms with Crippen LogP contribution < -0.4 is 5.32 Å². The minimum atomic E-state index is -0.605. The topological polar surface area (TPSA) is 49.3 Å². The van der Waals surface area contributed by atoms with Crippen LogP contribution in [0.2, 0.25) is 0 Å². The second-order valence-corrected chi connectivity index (χ2v) is 4.44. The van der Waals surface area contributed by atoms with Gasteiger partial charge in [-0.15, -0.1) is 12.4 Å². The number of hydrogen-bond donors (Lipinski definition) is 2. The Hall–Kier alpha value is -0.280. The third-order valence-corrected chi connectivity index (χ3v) is 3.71. The van der Waals surface area contributed by atoms with Crippen molar-refractivity contribution in [3.05, 3.63) is 0 Å². The van der Waals surface area contributed by atoms with Gasteiger partial charge in [0.15, 0.2) is 0 Å². The average Bonchev–Trinajstić information content (AvgIpc) is 2.50. The average molecular weight is 220 g/mol. The second kappa shape index (κ2) is 4.49. The molecule has 1 atom stereocenters. The molecule has 0 aromatic carbocycles. The first-order valence-electron chi connectivity index (χ1n) is 5.18. The van der Waals surface area contributed by atoms with Crippen LogP contribution in [-0.2, 0) is 4.79 Å². The monoisotopic (exact) mass is 219 g/mol. The number of nitrogens with one attached hydrogen (secondary N) is 1. The fourth-order valence-corrected chi connectivity index (χ4v) is 2.94. The van der Waals surface area contributed by atoms with Crippen LogP contribution >= 0.6 is 12.4 Å². The molecule has 14 heavy (non-hydrogen) atoms. The van der Waals surface area contributed by atoms with Gasteiger partial charge in [-0.1, -0.05) is 19.3 Å². The Morgan fingerprint density at radius 3 is 2.50 bits per heavy atom. The Labute approximate surface area is 90.7 Å². The number of carboxylic acids is 1. The highest BCUT2D eigenvalue weighted by atomic mass is 35.5. The van der Waals surface area contributed by atoms with Crippen molar-refractivity contribution in [3.8, 4) is 0 Å². The van der Waals surface area contributed by atoms with E-state index in [1.54, 1.807) is 0 Å². The third kappa shape index (κ3) is 1.89. The number of rotatable bonds is 1. The molecule has 0 amide bonds. The minimum absolute atomic E-state index is 0. The van der Waals surface area contributed by atoms with Gasteiger partial charge in [-0.05, 0) is 18.3 Å². The van der Waals surface area contributed by atoms with Gasteiger partial charge in [-0.25, -0.2) is 0 Å². The molecule has 0 bridgehead atoms. The van der Waals surface area contributed by atoms with E-state index in [2.05, 4.69) is 5.32 Å². The van der Waals surface area contributed by atoms with Crippen molar-refractivity contribution in [1.29, 1.82) is 0 Å². The maximum atomic E-state index is 11.0. The Balaban J connectivity index is 0.000000980. The van der Waals surface area contributed by atoms with Crippen molar-refractivity contribution in [2.24, 2.45) is 11.3 Å². The summed E-state index contributed by atoms with van der Waals surface area (Å²) in [5.74, 6) is -0.736. The Morgan fingerprint density at radius 1 is 1.29 bits per heavy atom. The van der Waals surface area contributed by atoms with Crippen molar-refractivity contribution in [1.82, 2.24) is 5.32 Å². The molecule has 1 aliphatic heterocycles. The maximum Gasteiger partial charge on any atom is 0.308 e. The van der Waals surface area contributed by atoms with Crippen LogP contribution in [-0.4, -0.2) is 24.2 Å². The lowest BCUT2D eigenvalue weighted by Gasteiger charge is -2.36. The predicted molar refractivity (Wildman–Crippen MR) is 56.8 cm³/mol. The number of halogens is 1. The Bertz CT molecular complexity index is 214. The third-order valence-electron chi connectivity index (χ3n) is 3.71. The molecule has 1 saturated heterocycles. The molecule has 2 aliphatic rings. The van der Waals surface area contributed by atoms with Gasteiger partial charge < -0.3 is 10.4 Å². The standard InChI is InChI=1S/C10H17NO2.ClH/c12-9(13)8-6-11-7-10(8)4-2-1-3-5-10;/h8,11H,1-7H2,(H,12,13);1H/t8-;/m1./s1. The van der Waals surface area contributed by atoms with Gasteiger partial charge in [0.05, 0.1) is 5.92 Å². The van der Waals surface area contributed by atoms with Crippen LogP contribution in [0.5, 0.6) is 0 Å². The van der Waals surface area contributed by atoms with Crippen molar-refractivity contribution >= 4 is 18.4 Å². The summed E-state index contributed by atoms with van der Waals surface area (Å²) in [5, 5.41) is 12.3. The zero-order chi connectivity index (χ0) is 9.31. The molecule has 1 spiro atoms. The molecule has 82 valence electrons. The van der Waals surface area contributed by atoms with Crippen LogP contribution in [0.3, 0.4) is 0 Å². The molecular weight excluding hydrogens is 202 g/mol. The molecule has 3 nitrogen and oxygen atoms in total.